The van der Waals surface area contributed by atoms with E-state index in [2.05, 4.69) is 46.6 Å². The maximum absolute atomic E-state index is 4.83. The first-order valence-corrected chi connectivity index (χ1v) is 7.24. The van der Waals surface area contributed by atoms with Crippen molar-refractivity contribution in [1.29, 1.82) is 0 Å². The summed E-state index contributed by atoms with van der Waals surface area (Å²) < 4.78 is 0. The first-order chi connectivity index (χ1) is 9.43. The lowest BCUT2D eigenvalue weighted by Crippen LogP contribution is -2.29. The lowest BCUT2D eigenvalue weighted by atomic mass is 10.1. The maximum atomic E-state index is 4.83. The third-order valence-electron chi connectivity index (χ3n) is 3.71. The standard InChI is InChI=1S/C16H21N3/c1-6-12-19(13-7-1)15-9-3-2-8-14(15)18-16-10-4-5-11-17-16/h1-3,6,8-9H,4-5,7,10-13H2,(H,17,18). The van der Waals surface area contributed by atoms with E-state index < -0.39 is 0 Å². The highest BCUT2D eigenvalue weighted by molar-refractivity contribution is 5.87. The van der Waals surface area contributed by atoms with Gasteiger partial charge in [-0.3, -0.25) is 0 Å². The van der Waals surface area contributed by atoms with E-state index >= 15 is 0 Å². The summed E-state index contributed by atoms with van der Waals surface area (Å²) in [7, 11) is 0. The number of piperidine rings is 1. The fourth-order valence-corrected chi connectivity index (χ4v) is 2.67. The zero-order chi connectivity index (χ0) is 12.9. The maximum Gasteiger partial charge on any atom is 0.102 e. The number of benzene rings is 1. The number of para-hydroxylation sites is 2. The van der Waals surface area contributed by atoms with E-state index in [9.17, 15) is 0 Å². The lowest BCUT2D eigenvalue weighted by Gasteiger charge is -2.27. The van der Waals surface area contributed by atoms with Crippen molar-refractivity contribution in [3.63, 3.8) is 0 Å². The summed E-state index contributed by atoms with van der Waals surface area (Å²) in [6, 6.07) is 8.48. The van der Waals surface area contributed by atoms with Gasteiger partial charge in [-0.25, -0.2) is 4.99 Å². The molecule has 3 rings (SSSR count). The van der Waals surface area contributed by atoms with Crippen LogP contribution >= 0.6 is 0 Å². The minimum absolute atomic E-state index is 0.995. The summed E-state index contributed by atoms with van der Waals surface area (Å²) in [5.74, 6) is 1.14. The van der Waals surface area contributed by atoms with E-state index in [-0.39, 0.29) is 0 Å². The first kappa shape index (κ1) is 12.3. The zero-order valence-corrected chi connectivity index (χ0v) is 11.3. The van der Waals surface area contributed by atoms with Crippen molar-refractivity contribution in [3.8, 4) is 0 Å². The van der Waals surface area contributed by atoms with Crippen LogP contribution in [0.25, 0.3) is 0 Å². The largest absolute Gasteiger partial charge is 0.374 e. The molecule has 1 saturated heterocycles. The van der Waals surface area contributed by atoms with E-state index in [0.717, 1.165) is 44.0 Å². The van der Waals surface area contributed by atoms with E-state index in [4.69, 9.17) is 4.99 Å². The van der Waals surface area contributed by atoms with Crippen molar-refractivity contribution >= 4 is 17.2 Å². The van der Waals surface area contributed by atoms with Gasteiger partial charge in [0.05, 0.1) is 11.4 Å². The minimum atomic E-state index is 0.995. The summed E-state index contributed by atoms with van der Waals surface area (Å²) in [4.78, 5) is 7.24. The number of anilines is 1. The Bertz CT molecular complexity index is 483. The van der Waals surface area contributed by atoms with Crippen molar-refractivity contribution in [2.24, 2.45) is 4.99 Å². The number of aliphatic imine (C=N–C) groups is 1. The average molecular weight is 255 g/mol. The van der Waals surface area contributed by atoms with Gasteiger partial charge in [-0.05, 0) is 31.4 Å². The van der Waals surface area contributed by atoms with Gasteiger partial charge in [-0.1, -0.05) is 24.3 Å². The van der Waals surface area contributed by atoms with Crippen LogP contribution in [0.2, 0.25) is 0 Å². The molecule has 2 aliphatic heterocycles. The Labute approximate surface area is 115 Å². The van der Waals surface area contributed by atoms with Crippen molar-refractivity contribution in [1.82, 2.24) is 5.32 Å². The van der Waals surface area contributed by atoms with Crippen LogP contribution in [-0.2, 0) is 0 Å². The van der Waals surface area contributed by atoms with Gasteiger partial charge in [-0.2, -0.15) is 0 Å². The third-order valence-corrected chi connectivity index (χ3v) is 3.71. The number of nitrogens with zero attached hydrogens (tertiary/aromatic N) is 2. The zero-order valence-electron chi connectivity index (χ0n) is 11.3. The Kier molecular flexibility index (Phi) is 3.82. The molecule has 0 atom stereocenters. The van der Waals surface area contributed by atoms with Crippen LogP contribution in [0.1, 0.15) is 25.7 Å². The third kappa shape index (κ3) is 2.98. The molecule has 1 aromatic carbocycles. The molecule has 1 N–H and O–H groups in total. The smallest absolute Gasteiger partial charge is 0.102 e. The molecule has 0 unspecified atom stereocenters. The molecule has 2 aliphatic rings. The molecule has 0 bridgehead atoms. The molecule has 3 nitrogen and oxygen atoms in total. The van der Waals surface area contributed by atoms with Crippen molar-refractivity contribution in [2.75, 3.05) is 24.5 Å². The second-order valence-corrected chi connectivity index (χ2v) is 5.14. The van der Waals surface area contributed by atoms with Crippen LogP contribution in [-0.4, -0.2) is 25.5 Å². The summed E-state index contributed by atoms with van der Waals surface area (Å²) in [5, 5.41) is 3.42. The van der Waals surface area contributed by atoms with Crippen LogP contribution in [0.3, 0.4) is 0 Å². The Morgan fingerprint density at radius 3 is 2.84 bits per heavy atom. The van der Waals surface area contributed by atoms with Gasteiger partial charge in [0.2, 0.25) is 0 Å². The minimum Gasteiger partial charge on any atom is -0.374 e. The Hall–Kier alpha value is -1.77. The molecule has 19 heavy (non-hydrogen) atoms. The van der Waals surface area contributed by atoms with Crippen molar-refractivity contribution in [3.05, 3.63) is 36.4 Å². The van der Waals surface area contributed by atoms with E-state index in [0.29, 0.717) is 0 Å². The molecule has 0 saturated carbocycles. The Morgan fingerprint density at radius 1 is 1.11 bits per heavy atom. The number of hydrogen-bond donors (Lipinski definition) is 1. The molecule has 1 fully saturated rings. The topological polar surface area (TPSA) is 27.6 Å². The summed E-state index contributed by atoms with van der Waals surface area (Å²) in [6.07, 6.45) is 9.22. The second kappa shape index (κ2) is 5.91. The predicted octanol–water partition coefficient (Wildman–Crippen LogP) is 3.26. The quantitative estimate of drug-likeness (QED) is 0.821. The number of amidine groups is 1. The summed E-state index contributed by atoms with van der Waals surface area (Å²) in [5.41, 5.74) is 2.36. The van der Waals surface area contributed by atoms with Gasteiger partial charge in [0.25, 0.3) is 0 Å². The highest BCUT2D eigenvalue weighted by Gasteiger charge is 2.12. The molecule has 2 heterocycles. The fourth-order valence-electron chi connectivity index (χ4n) is 2.67. The molecule has 0 aromatic heterocycles. The summed E-state index contributed by atoms with van der Waals surface area (Å²) in [6.45, 7) is 3.15. The average Bonchev–Trinajstić information content (AvgIpc) is 2.50. The van der Waals surface area contributed by atoms with Crippen molar-refractivity contribution < 1.29 is 0 Å². The Balaban J connectivity index is 1.86. The van der Waals surface area contributed by atoms with Crippen LogP contribution in [0.4, 0.5) is 11.4 Å². The number of nitrogens with one attached hydrogen (secondary N) is 1. The molecule has 0 amide bonds. The molecule has 0 radical (unpaired) electrons. The lowest BCUT2D eigenvalue weighted by molar-refractivity contribution is 0.669. The van der Waals surface area contributed by atoms with Crippen LogP contribution in [0.5, 0.6) is 0 Å². The van der Waals surface area contributed by atoms with Crippen LogP contribution < -0.4 is 10.2 Å². The number of rotatable bonds is 2. The van der Waals surface area contributed by atoms with Gasteiger partial charge in [0.15, 0.2) is 0 Å². The first-order valence-electron chi connectivity index (χ1n) is 7.24. The van der Waals surface area contributed by atoms with Gasteiger partial charge in [0, 0.05) is 26.1 Å². The van der Waals surface area contributed by atoms with Gasteiger partial charge in [-0.15, -0.1) is 0 Å². The van der Waals surface area contributed by atoms with E-state index in [1.807, 2.05) is 0 Å². The molecule has 0 aliphatic carbocycles. The predicted molar refractivity (Wildman–Crippen MR) is 81.4 cm³/mol. The SMILES string of the molecule is C1=CCN(c2ccccc2/N=C2\CCCCN2)CC1. The molecule has 3 heteroatoms. The monoisotopic (exact) mass is 255 g/mol. The van der Waals surface area contributed by atoms with Gasteiger partial charge < -0.3 is 10.2 Å². The molecule has 0 spiro atoms. The summed E-state index contributed by atoms with van der Waals surface area (Å²) >= 11 is 0. The van der Waals surface area contributed by atoms with E-state index in [1.54, 1.807) is 0 Å². The van der Waals surface area contributed by atoms with E-state index in [1.165, 1.54) is 18.5 Å². The molecule has 1 aromatic rings. The van der Waals surface area contributed by atoms with Crippen molar-refractivity contribution in [2.45, 2.75) is 25.7 Å². The van der Waals surface area contributed by atoms with Crippen LogP contribution in [0.15, 0.2) is 41.4 Å². The molecular formula is C16H21N3. The molecular weight excluding hydrogens is 234 g/mol. The normalized spacial score (nSPS) is 21.5. The second-order valence-electron chi connectivity index (χ2n) is 5.14. The Morgan fingerprint density at radius 2 is 2.05 bits per heavy atom. The van der Waals surface area contributed by atoms with Gasteiger partial charge >= 0.3 is 0 Å². The fraction of sp³-hybridized carbons (Fsp3) is 0.438. The number of hydrogen-bond acceptors (Lipinski definition) is 2. The highest BCUT2D eigenvalue weighted by atomic mass is 15.1. The van der Waals surface area contributed by atoms with Crippen LogP contribution in [0, 0.1) is 0 Å². The molecule has 100 valence electrons. The van der Waals surface area contributed by atoms with Gasteiger partial charge in [0.1, 0.15) is 5.84 Å². The highest BCUT2D eigenvalue weighted by Crippen LogP contribution is 2.30.